The summed E-state index contributed by atoms with van der Waals surface area (Å²) in [4.78, 5) is 0. The van der Waals surface area contributed by atoms with Crippen LogP contribution in [-0.2, 0) is 0 Å². The number of aliphatic hydroxyl groups excluding tert-OH is 1. The highest BCUT2D eigenvalue weighted by Gasteiger charge is 2.47. The fourth-order valence-electron chi connectivity index (χ4n) is 2.40. The standard InChI is InChI=1S/C14H20FNO/c1-9(10-6-4-5-7-11(10)15)16-12-8-13(17)14(12,2)3/h4-7,9,12-13,16-17H,8H2,1-3H3/t9-,12?,13?/m1/s1. The van der Waals surface area contributed by atoms with Gasteiger partial charge in [-0.2, -0.15) is 0 Å². The molecule has 1 fully saturated rings. The predicted octanol–water partition coefficient (Wildman–Crippen LogP) is 2.64. The van der Waals surface area contributed by atoms with Gasteiger partial charge in [-0.1, -0.05) is 32.0 Å². The number of benzene rings is 1. The molecule has 2 unspecified atom stereocenters. The monoisotopic (exact) mass is 237 g/mol. The van der Waals surface area contributed by atoms with Crippen molar-refractivity contribution in [3.63, 3.8) is 0 Å². The number of nitrogens with one attached hydrogen (secondary N) is 1. The van der Waals surface area contributed by atoms with E-state index < -0.39 is 0 Å². The van der Waals surface area contributed by atoms with Crippen molar-refractivity contribution in [1.82, 2.24) is 5.32 Å². The molecule has 94 valence electrons. The number of rotatable bonds is 3. The third-order valence-corrected chi connectivity index (χ3v) is 4.04. The molecule has 1 aliphatic carbocycles. The Balaban J connectivity index is 2.04. The SMILES string of the molecule is C[C@@H](NC1CC(O)C1(C)C)c1ccccc1F. The Labute approximate surface area is 102 Å². The molecule has 0 spiro atoms. The van der Waals surface area contributed by atoms with Gasteiger partial charge in [0.05, 0.1) is 6.10 Å². The highest BCUT2D eigenvalue weighted by atomic mass is 19.1. The average Bonchev–Trinajstić information content (AvgIpc) is 2.29. The zero-order chi connectivity index (χ0) is 12.6. The van der Waals surface area contributed by atoms with E-state index in [2.05, 4.69) is 5.32 Å². The van der Waals surface area contributed by atoms with Crippen LogP contribution < -0.4 is 5.32 Å². The molecule has 1 saturated carbocycles. The second kappa shape index (κ2) is 4.39. The van der Waals surface area contributed by atoms with Gasteiger partial charge in [0.15, 0.2) is 0 Å². The molecule has 0 radical (unpaired) electrons. The molecule has 1 aromatic carbocycles. The third kappa shape index (κ3) is 2.22. The van der Waals surface area contributed by atoms with Gasteiger partial charge in [0.25, 0.3) is 0 Å². The van der Waals surface area contributed by atoms with Crippen molar-refractivity contribution in [2.45, 2.75) is 45.4 Å². The van der Waals surface area contributed by atoms with Crippen molar-refractivity contribution in [2.24, 2.45) is 5.41 Å². The molecule has 0 bridgehead atoms. The average molecular weight is 237 g/mol. The minimum Gasteiger partial charge on any atom is -0.392 e. The molecule has 0 aromatic heterocycles. The smallest absolute Gasteiger partial charge is 0.127 e. The van der Waals surface area contributed by atoms with Crippen LogP contribution in [-0.4, -0.2) is 17.3 Å². The Morgan fingerprint density at radius 3 is 2.59 bits per heavy atom. The molecule has 2 N–H and O–H groups in total. The Kier molecular flexibility index (Phi) is 3.23. The molecule has 3 heteroatoms. The van der Waals surface area contributed by atoms with Gasteiger partial charge in [0, 0.05) is 23.1 Å². The first-order valence-electron chi connectivity index (χ1n) is 6.11. The molecular formula is C14H20FNO. The van der Waals surface area contributed by atoms with Crippen LogP contribution in [0.2, 0.25) is 0 Å². The van der Waals surface area contributed by atoms with Crippen molar-refractivity contribution in [1.29, 1.82) is 0 Å². The van der Waals surface area contributed by atoms with E-state index >= 15 is 0 Å². The predicted molar refractivity (Wildman–Crippen MR) is 66.1 cm³/mol. The van der Waals surface area contributed by atoms with Crippen molar-refractivity contribution >= 4 is 0 Å². The van der Waals surface area contributed by atoms with Gasteiger partial charge in [-0.05, 0) is 19.4 Å². The summed E-state index contributed by atoms with van der Waals surface area (Å²) in [5.41, 5.74) is 0.559. The van der Waals surface area contributed by atoms with Gasteiger partial charge in [-0.3, -0.25) is 0 Å². The summed E-state index contributed by atoms with van der Waals surface area (Å²) in [5.74, 6) is -0.176. The maximum atomic E-state index is 13.6. The van der Waals surface area contributed by atoms with Gasteiger partial charge in [-0.25, -0.2) is 4.39 Å². The minimum atomic E-state index is -0.257. The molecular weight excluding hydrogens is 217 g/mol. The second-order valence-electron chi connectivity index (χ2n) is 5.54. The first kappa shape index (κ1) is 12.5. The lowest BCUT2D eigenvalue weighted by Gasteiger charge is -2.50. The minimum absolute atomic E-state index is 0.0343. The lowest BCUT2D eigenvalue weighted by Crippen LogP contribution is -2.60. The van der Waals surface area contributed by atoms with E-state index in [1.54, 1.807) is 12.1 Å². The van der Waals surface area contributed by atoms with Crippen molar-refractivity contribution in [3.8, 4) is 0 Å². The van der Waals surface area contributed by atoms with E-state index in [4.69, 9.17) is 0 Å². The van der Waals surface area contributed by atoms with Gasteiger partial charge >= 0.3 is 0 Å². The van der Waals surface area contributed by atoms with E-state index in [-0.39, 0.29) is 29.4 Å². The van der Waals surface area contributed by atoms with E-state index in [1.165, 1.54) is 6.07 Å². The lowest BCUT2D eigenvalue weighted by molar-refractivity contribution is -0.0755. The van der Waals surface area contributed by atoms with Crippen LogP contribution >= 0.6 is 0 Å². The summed E-state index contributed by atoms with van der Waals surface area (Å²) >= 11 is 0. The second-order valence-corrected chi connectivity index (χ2v) is 5.54. The molecule has 2 rings (SSSR count). The summed E-state index contributed by atoms with van der Waals surface area (Å²) in [6.07, 6.45) is 0.485. The van der Waals surface area contributed by atoms with Crippen molar-refractivity contribution in [3.05, 3.63) is 35.6 Å². The van der Waals surface area contributed by atoms with Crippen LogP contribution in [0, 0.1) is 11.2 Å². The zero-order valence-corrected chi connectivity index (χ0v) is 10.6. The zero-order valence-electron chi connectivity index (χ0n) is 10.6. The molecule has 3 atom stereocenters. The molecule has 17 heavy (non-hydrogen) atoms. The Bertz CT molecular complexity index is 405. The fourth-order valence-corrected chi connectivity index (χ4v) is 2.40. The van der Waals surface area contributed by atoms with Crippen molar-refractivity contribution < 1.29 is 9.50 Å². The van der Waals surface area contributed by atoms with Crippen molar-refractivity contribution in [2.75, 3.05) is 0 Å². The molecule has 0 heterocycles. The maximum Gasteiger partial charge on any atom is 0.127 e. The summed E-state index contributed by atoms with van der Waals surface area (Å²) in [5, 5.41) is 13.1. The first-order valence-corrected chi connectivity index (χ1v) is 6.11. The van der Waals surface area contributed by atoms with Gasteiger partial charge in [-0.15, -0.1) is 0 Å². The highest BCUT2D eigenvalue weighted by Crippen LogP contribution is 2.41. The van der Waals surface area contributed by atoms with E-state index in [0.717, 1.165) is 6.42 Å². The number of hydrogen-bond donors (Lipinski definition) is 2. The molecule has 0 amide bonds. The molecule has 0 saturated heterocycles. The van der Waals surface area contributed by atoms with Crippen LogP contribution in [0.3, 0.4) is 0 Å². The molecule has 0 aliphatic heterocycles. The largest absolute Gasteiger partial charge is 0.392 e. The Morgan fingerprint density at radius 2 is 2.06 bits per heavy atom. The Morgan fingerprint density at radius 1 is 1.41 bits per heavy atom. The van der Waals surface area contributed by atoms with Crippen LogP contribution in [0.5, 0.6) is 0 Å². The first-order chi connectivity index (χ1) is 7.93. The lowest BCUT2D eigenvalue weighted by atomic mass is 9.64. The Hall–Kier alpha value is -0.930. The van der Waals surface area contributed by atoms with Crippen LogP contribution in [0.15, 0.2) is 24.3 Å². The number of hydrogen-bond acceptors (Lipinski definition) is 2. The number of halogens is 1. The quantitative estimate of drug-likeness (QED) is 0.847. The maximum absolute atomic E-state index is 13.6. The summed E-state index contributed by atoms with van der Waals surface area (Å²) in [7, 11) is 0. The van der Waals surface area contributed by atoms with Gasteiger partial charge in [0.1, 0.15) is 5.82 Å². The molecule has 1 aliphatic rings. The van der Waals surface area contributed by atoms with E-state index in [9.17, 15) is 9.50 Å². The van der Waals surface area contributed by atoms with Gasteiger partial charge < -0.3 is 10.4 Å². The highest BCUT2D eigenvalue weighted by molar-refractivity contribution is 5.21. The third-order valence-electron chi connectivity index (χ3n) is 4.04. The number of aliphatic hydroxyl groups is 1. The topological polar surface area (TPSA) is 32.3 Å². The summed E-state index contributed by atoms with van der Waals surface area (Å²) in [6.45, 7) is 6.03. The van der Waals surface area contributed by atoms with Gasteiger partial charge in [0.2, 0.25) is 0 Å². The van der Waals surface area contributed by atoms with Crippen LogP contribution in [0.25, 0.3) is 0 Å². The summed E-state index contributed by atoms with van der Waals surface area (Å²) < 4.78 is 13.6. The van der Waals surface area contributed by atoms with Crippen LogP contribution in [0.4, 0.5) is 4.39 Å². The summed E-state index contributed by atoms with van der Waals surface area (Å²) in [6, 6.07) is 7.03. The van der Waals surface area contributed by atoms with E-state index in [1.807, 2.05) is 26.8 Å². The molecule has 2 nitrogen and oxygen atoms in total. The van der Waals surface area contributed by atoms with Crippen LogP contribution in [0.1, 0.15) is 38.8 Å². The van der Waals surface area contributed by atoms with E-state index in [0.29, 0.717) is 5.56 Å². The fraction of sp³-hybridized carbons (Fsp3) is 0.571. The normalized spacial score (nSPS) is 28.5. The molecule has 1 aromatic rings.